The van der Waals surface area contributed by atoms with Crippen LogP contribution in [-0.2, 0) is 6.54 Å². The van der Waals surface area contributed by atoms with Gasteiger partial charge in [0.2, 0.25) is 0 Å². The molecule has 22 heavy (non-hydrogen) atoms. The van der Waals surface area contributed by atoms with Crippen LogP contribution in [0.15, 0.2) is 30.3 Å². The number of hydrogen-bond acceptors (Lipinski definition) is 4. The molecule has 0 saturated carbocycles. The van der Waals surface area contributed by atoms with Gasteiger partial charge in [-0.05, 0) is 33.3 Å². The van der Waals surface area contributed by atoms with E-state index in [0.29, 0.717) is 12.5 Å². The van der Waals surface area contributed by atoms with Crippen LogP contribution < -0.4 is 0 Å². The number of rotatable bonds is 7. The molecule has 0 saturated heterocycles. The minimum Gasteiger partial charge on any atom is -0.296 e. The standard InChI is InChI=1S/C18H24N2OS/c1-13(2)20(12-16-8-6-5-7-9-16)11-10-17(21)18-14(3)19-15(4)22-18/h5-9,13H,10-12H2,1-4H3. The fourth-order valence-electron chi connectivity index (χ4n) is 2.49. The Balaban J connectivity index is 1.97. The second-order valence-corrected chi connectivity index (χ2v) is 7.07. The summed E-state index contributed by atoms with van der Waals surface area (Å²) in [5, 5.41) is 0.964. The number of carbonyl (C=O) groups excluding carboxylic acids is 1. The van der Waals surface area contributed by atoms with E-state index in [4.69, 9.17) is 0 Å². The third-order valence-corrected chi connectivity index (χ3v) is 4.86. The van der Waals surface area contributed by atoms with Gasteiger partial charge in [-0.2, -0.15) is 0 Å². The quantitative estimate of drug-likeness (QED) is 0.716. The average Bonchev–Trinajstić information content (AvgIpc) is 2.82. The highest BCUT2D eigenvalue weighted by Crippen LogP contribution is 2.19. The summed E-state index contributed by atoms with van der Waals surface area (Å²) in [6, 6.07) is 10.8. The minimum atomic E-state index is 0.210. The smallest absolute Gasteiger partial charge is 0.175 e. The molecule has 1 aromatic carbocycles. The van der Waals surface area contributed by atoms with Gasteiger partial charge in [-0.25, -0.2) is 4.98 Å². The summed E-state index contributed by atoms with van der Waals surface area (Å²) in [7, 11) is 0. The van der Waals surface area contributed by atoms with E-state index in [2.05, 4.69) is 48.0 Å². The average molecular weight is 316 g/mol. The van der Waals surface area contributed by atoms with Gasteiger partial charge in [-0.15, -0.1) is 11.3 Å². The van der Waals surface area contributed by atoms with Crippen LogP contribution in [0.5, 0.6) is 0 Å². The van der Waals surface area contributed by atoms with Crippen LogP contribution in [0.4, 0.5) is 0 Å². The van der Waals surface area contributed by atoms with Gasteiger partial charge in [0.15, 0.2) is 5.78 Å². The Hall–Kier alpha value is -1.52. The lowest BCUT2D eigenvalue weighted by molar-refractivity contribution is 0.0955. The van der Waals surface area contributed by atoms with Crippen molar-refractivity contribution < 1.29 is 4.79 Å². The van der Waals surface area contributed by atoms with Crippen molar-refractivity contribution in [1.82, 2.24) is 9.88 Å². The summed E-state index contributed by atoms with van der Waals surface area (Å²) in [5.41, 5.74) is 2.15. The van der Waals surface area contributed by atoms with Gasteiger partial charge in [-0.3, -0.25) is 9.69 Å². The maximum atomic E-state index is 12.4. The second kappa shape index (κ2) is 7.65. The topological polar surface area (TPSA) is 33.2 Å². The third kappa shape index (κ3) is 4.49. The highest BCUT2D eigenvalue weighted by atomic mass is 32.1. The van der Waals surface area contributed by atoms with E-state index < -0.39 is 0 Å². The molecule has 0 spiro atoms. The van der Waals surface area contributed by atoms with Crippen molar-refractivity contribution in [2.75, 3.05) is 6.54 Å². The molecule has 0 aliphatic carbocycles. The molecule has 0 atom stereocenters. The van der Waals surface area contributed by atoms with Gasteiger partial charge in [0, 0.05) is 25.6 Å². The summed E-state index contributed by atoms with van der Waals surface area (Å²) < 4.78 is 0. The van der Waals surface area contributed by atoms with Gasteiger partial charge in [0.05, 0.1) is 15.6 Å². The SMILES string of the molecule is Cc1nc(C)c(C(=O)CCN(Cc2ccccc2)C(C)C)s1. The van der Waals surface area contributed by atoms with Gasteiger partial charge < -0.3 is 0 Å². The number of thiazole rings is 1. The van der Waals surface area contributed by atoms with Crippen molar-refractivity contribution in [3.05, 3.63) is 51.5 Å². The normalized spacial score (nSPS) is 11.4. The molecule has 4 heteroatoms. The molecule has 2 aromatic rings. The van der Waals surface area contributed by atoms with Crippen LogP contribution in [-0.4, -0.2) is 28.3 Å². The third-order valence-electron chi connectivity index (χ3n) is 3.74. The number of Topliss-reactive ketones (excluding diaryl/α,β-unsaturated/α-hetero) is 1. The Labute approximate surface area is 137 Å². The Morgan fingerprint density at radius 3 is 2.45 bits per heavy atom. The summed E-state index contributed by atoms with van der Waals surface area (Å²) in [5.74, 6) is 0.210. The highest BCUT2D eigenvalue weighted by molar-refractivity contribution is 7.13. The number of carbonyl (C=O) groups is 1. The number of aryl methyl sites for hydroxylation is 2. The lowest BCUT2D eigenvalue weighted by atomic mass is 10.1. The van der Waals surface area contributed by atoms with Crippen molar-refractivity contribution in [2.24, 2.45) is 0 Å². The molecule has 118 valence electrons. The summed E-state index contributed by atoms with van der Waals surface area (Å²) in [6.07, 6.45) is 0.549. The van der Waals surface area contributed by atoms with E-state index in [0.717, 1.165) is 28.7 Å². The molecule has 3 nitrogen and oxygen atoms in total. The van der Waals surface area contributed by atoms with Crippen molar-refractivity contribution in [1.29, 1.82) is 0 Å². The van der Waals surface area contributed by atoms with Crippen molar-refractivity contribution >= 4 is 17.1 Å². The summed E-state index contributed by atoms with van der Waals surface area (Å²) in [6.45, 7) is 9.88. The van der Waals surface area contributed by atoms with Crippen molar-refractivity contribution in [3.8, 4) is 0 Å². The Morgan fingerprint density at radius 2 is 1.91 bits per heavy atom. The molecule has 0 amide bonds. The Bertz CT molecular complexity index is 619. The van der Waals surface area contributed by atoms with Gasteiger partial charge in [0.25, 0.3) is 0 Å². The molecule has 0 radical (unpaired) electrons. The lowest BCUT2D eigenvalue weighted by Gasteiger charge is -2.26. The highest BCUT2D eigenvalue weighted by Gasteiger charge is 2.17. The van der Waals surface area contributed by atoms with E-state index in [1.165, 1.54) is 16.9 Å². The molecule has 2 rings (SSSR count). The van der Waals surface area contributed by atoms with Crippen LogP contribution in [0.25, 0.3) is 0 Å². The first kappa shape index (κ1) is 16.8. The fourth-order valence-corrected chi connectivity index (χ4v) is 3.37. The first-order valence-electron chi connectivity index (χ1n) is 7.72. The van der Waals surface area contributed by atoms with E-state index >= 15 is 0 Å². The molecule has 1 aromatic heterocycles. The molecular weight excluding hydrogens is 292 g/mol. The maximum Gasteiger partial charge on any atom is 0.175 e. The molecule has 0 unspecified atom stereocenters. The molecule has 0 bridgehead atoms. The first-order valence-corrected chi connectivity index (χ1v) is 8.54. The van der Waals surface area contributed by atoms with E-state index in [9.17, 15) is 4.79 Å². The van der Waals surface area contributed by atoms with Gasteiger partial charge in [0.1, 0.15) is 0 Å². The van der Waals surface area contributed by atoms with Crippen LogP contribution in [0.2, 0.25) is 0 Å². The van der Waals surface area contributed by atoms with E-state index in [1.54, 1.807) is 0 Å². The van der Waals surface area contributed by atoms with Crippen LogP contribution in [0.1, 0.15) is 46.2 Å². The monoisotopic (exact) mass is 316 g/mol. The number of benzene rings is 1. The zero-order chi connectivity index (χ0) is 16.1. The number of aromatic nitrogens is 1. The largest absolute Gasteiger partial charge is 0.296 e. The number of ketones is 1. The first-order chi connectivity index (χ1) is 10.5. The maximum absolute atomic E-state index is 12.4. The van der Waals surface area contributed by atoms with Crippen LogP contribution in [0, 0.1) is 13.8 Å². The predicted octanol–water partition coefficient (Wildman–Crippen LogP) is 4.24. The zero-order valence-electron chi connectivity index (χ0n) is 13.8. The van der Waals surface area contributed by atoms with Crippen molar-refractivity contribution in [3.63, 3.8) is 0 Å². The van der Waals surface area contributed by atoms with Crippen molar-refractivity contribution in [2.45, 2.75) is 46.7 Å². The molecule has 0 aliphatic heterocycles. The van der Waals surface area contributed by atoms with Crippen LogP contribution in [0.3, 0.4) is 0 Å². The van der Waals surface area contributed by atoms with E-state index in [1.807, 2.05) is 19.9 Å². The number of nitrogens with zero attached hydrogens (tertiary/aromatic N) is 2. The minimum absolute atomic E-state index is 0.210. The number of hydrogen-bond donors (Lipinski definition) is 0. The lowest BCUT2D eigenvalue weighted by Crippen LogP contribution is -2.32. The second-order valence-electron chi connectivity index (χ2n) is 5.87. The molecule has 1 heterocycles. The Morgan fingerprint density at radius 1 is 1.23 bits per heavy atom. The molecule has 0 aliphatic rings. The van der Waals surface area contributed by atoms with Gasteiger partial charge >= 0.3 is 0 Å². The Kier molecular flexibility index (Phi) is 5.86. The summed E-state index contributed by atoms with van der Waals surface area (Å²) in [4.78, 5) is 19.9. The predicted molar refractivity (Wildman–Crippen MR) is 92.5 cm³/mol. The van der Waals surface area contributed by atoms with E-state index in [-0.39, 0.29) is 5.78 Å². The molecule has 0 N–H and O–H groups in total. The van der Waals surface area contributed by atoms with Crippen LogP contribution >= 0.6 is 11.3 Å². The summed E-state index contributed by atoms with van der Waals surface area (Å²) >= 11 is 1.51. The molecule has 0 fully saturated rings. The molecular formula is C18H24N2OS. The fraction of sp³-hybridized carbons (Fsp3) is 0.444. The van der Waals surface area contributed by atoms with Gasteiger partial charge in [-0.1, -0.05) is 30.3 Å². The zero-order valence-corrected chi connectivity index (χ0v) is 14.6.